The van der Waals surface area contributed by atoms with Crippen LogP contribution >= 0.6 is 0 Å². The zero-order chi connectivity index (χ0) is 23.2. The number of non-ortho nitro benzene ring substituents is 1. The van der Waals surface area contributed by atoms with E-state index in [1.165, 1.54) is 18.2 Å². The van der Waals surface area contributed by atoms with E-state index in [0.29, 0.717) is 24.9 Å². The van der Waals surface area contributed by atoms with Crippen molar-refractivity contribution in [2.24, 2.45) is 11.8 Å². The molecule has 0 saturated carbocycles. The molecule has 0 bridgehead atoms. The SMILES string of the molecule is Cc1ccc([N+](=O)[O-])cc1N1C(=O)[C@H]2[C@@H](C1=O)C1(C(=O)c3ccccc3C1=O)N1CCC[C@@H]21. The molecule has 0 aromatic heterocycles. The third-order valence-electron chi connectivity index (χ3n) is 7.72. The number of imide groups is 1. The normalized spacial score (nSPS) is 27.4. The van der Waals surface area contributed by atoms with Gasteiger partial charge in [0.25, 0.3) is 5.69 Å². The summed E-state index contributed by atoms with van der Waals surface area (Å²) < 4.78 is 0. The van der Waals surface area contributed by atoms with Gasteiger partial charge in [0.15, 0.2) is 17.1 Å². The summed E-state index contributed by atoms with van der Waals surface area (Å²) in [6.45, 7) is 2.12. The van der Waals surface area contributed by atoms with E-state index < -0.39 is 51.7 Å². The number of benzene rings is 2. The Balaban J connectivity index is 1.54. The summed E-state index contributed by atoms with van der Waals surface area (Å²) in [4.78, 5) is 68.6. The first-order chi connectivity index (χ1) is 15.8. The van der Waals surface area contributed by atoms with E-state index in [1.54, 1.807) is 36.1 Å². The lowest BCUT2D eigenvalue weighted by Gasteiger charge is -2.35. The average Bonchev–Trinajstić information content (AvgIpc) is 3.49. The first kappa shape index (κ1) is 19.9. The molecule has 2 aromatic carbocycles. The number of ketones is 2. The fourth-order valence-corrected chi connectivity index (χ4v) is 6.43. The van der Waals surface area contributed by atoms with Gasteiger partial charge in [0.2, 0.25) is 11.8 Å². The first-order valence-corrected chi connectivity index (χ1v) is 10.9. The lowest BCUT2D eigenvalue weighted by atomic mass is 9.76. The van der Waals surface area contributed by atoms with Gasteiger partial charge in [0.1, 0.15) is 0 Å². The van der Waals surface area contributed by atoms with E-state index >= 15 is 0 Å². The molecule has 1 aliphatic carbocycles. The molecule has 3 fully saturated rings. The molecule has 4 aliphatic rings. The van der Waals surface area contributed by atoms with Crippen LogP contribution in [0.3, 0.4) is 0 Å². The largest absolute Gasteiger partial charge is 0.291 e. The van der Waals surface area contributed by atoms with Gasteiger partial charge in [0, 0.05) is 29.3 Å². The highest BCUT2D eigenvalue weighted by atomic mass is 16.6. The Labute approximate surface area is 188 Å². The van der Waals surface area contributed by atoms with E-state index in [-0.39, 0.29) is 22.5 Å². The van der Waals surface area contributed by atoms with Gasteiger partial charge in [-0.3, -0.25) is 34.2 Å². The Kier molecular flexibility index (Phi) is 3.87. The third-order valence-corrected chi connectivity index (χ3v) is 7.72. The molecule has 2 aromatic rings. The van der Waals surface area contributed by atoms with Crippen molar-refractivity contribution in [2.45, 2.75) is 31.3 Å². The molecule has 3 aliphatic heterocycles. The summed E-state index contributed by atoms with van der Waals surface area (Å²) in [5.41, 5.74) is -0.773. The summed E-state index contributed by atoms with van der Waals surface area (Å²) >= 11 is 0. The van der Waals surface area contributed by atoms with Crippen LogP contribution in [0.2, 0.25) is 0 Å². The van der Waals surface area contributed by atoms with Gasteiger partial charge in [0.05, 0.1) is 22.4 Å². The summed E-state index contributed by atoms with van der Waals surface area (Å²) in [6, 6.07) is 10.1. The molecule has 6 rings (SSSR count). The van der Waals surface area contributed by atoms with Gasteiger partial charge in [-0.1, -0.05) is 30.3 Å². The smallest absolute Gasteiger partial charge is 0.271 e. The summed E-state index contributed by atoms with van der Waals surface area (Å²) in [5.74, 6) is -4.00. The first-order valence-electron chi connectivity index (χ1n) is 10.9. The van der Waals surface area contributed by atoms with Crippen molar-refractivity contribution in [3.05, 3.63) is 69.3 Å². The summed E-state index contributed by atoms with van der Waals surface area (Å²) in [6.07, 6.45) is 1.31. The fraction of sp³-hybridized carbons (Fsp3) is 0.333. The Morgan fingerprint density at radius 1 is 1.00 bits per heavy atom. The molecular weight excluding hydrogens is 426 g/mol. The van der Waals surface area contributed by atoms with Crippen LogP contribution in [0.25, 0.3) is 0 Å². The van der Waals surface area contributed by atoms with Gasteiger partial charge in [-0.05, 0) is 31.9 Å². The van der Waals surface area contributed by atoms with E-state index in [0.717, 1.165) is 4.90 Å². The van der Waals surface area contributed by atoms with Crippen LogP contribution in [0.15, 0.2) is 42.5 Å². The topological polar surface area (TPSA) is 118 Å². The maximum absolute atomic E-state index is 13.9. The van der Waals surface area contributed by atoms with Gasteiger partial charge >= 0.3 is 0 Å². The van der Waals surface area contributed by atoms with Crippen LogP contribution in [0, 0.1) is 28.9 Å². The maximum atomic E-state index is 13.9. The highest BCUT2D eigenvalue weighted by Gasteiger charge is 2.76. The second kappa shape index (κ2) is 6.41. The minimum atomic E-state index is -1.73. The quantitative estimate of drug-likeness (QED) is 0.301. The lowest BCUT2D eigenvalue weighted by Crippen LogP contribution is -2.59. The van der Waals surface area contributed by atoms with E-state index in [9.17, 15) is 29.3 Å². The van der Waals surface area contributed by atoms with Gasteiger partial charge in [-0.2, -0.15) is 0 Å². The molecule has 1 spiro atoms. The highest BCUT2D eigenvalue weighted by Crippen LogP contribution is 2.57. The molecule has 33 heavy (non-hydrogen) atoms. The van der Waals surface area contributed by atoms with Crippen molar-refractivity contribution < 1.29 is 24.1 Å². The second-order valence-electron chi connectivity index (χ2n) is 9.12. The molecule has 0 unspecified atom stereocenters. The number of hydrogen-bond acceptors (Lipinski definition) is 7. The number of carbonyl (C=O) groups is 4. The molecule has 3 saturated heterocycles. The minimum absolute atomic E-state index is 0.128. The van der Waals surface area contributed by atoms with Crippen molar-refractivity contribution >= 4 is 34.8 Å². The summed E-state index contributed by atoms with van der Waals surface area (Å²) in [7, 11) is 0. The van der Waals surface area contributed by atoms with Gasteiger partial charge < -0.3 is 0 Å². The predicted octanol–water partition coefficient (Wildman–Crippen LogP) is 2.30. The lowest BCUT2D eigenvalue weighted by molar-refractivity contribution is -0.384. The van der Waals surface area contributed by atoms with Crippen LogP contribution in [0.4, 0.5) is 11.4 Å². The molecule has 0 N–H and O–H groups in total. The average molecular weight is 445 g/mol. The van der Waals surface area contributed by atoms with Crippen molar-refractivity contribution in [3.8, 4) is 0 Å². The number of Topliss-reactive ketones (excluding diaryl/α,β-unsaturated/α-hetero) is 2. The van der Waals surface area contributed by atoms with E-state index in [4.69, 9.17) is 0 Å². The molecule has 166 valence electrons. The number of nitro groups is 1. The van der Waals surface area contributed by atoms with Crippen molar-refractivity contribution in [1.29, 1.82) is 0 Å². The third kappa shape index (κ3) is 2.20. The molecule has 3 atom stereocenters. The zero-order valence-electron chi connectivity index (χ0n) is 17.7. The minimum Gasteiger partial charge on any atom is -0.291 e. The number of amides is 2. The Morgan fingerprint density at radius 3 is 2.30 bits per heavy atom. The molecule has 0 radical (unpaired) electrons. The number of nitro benzene ring substituents is 1. The van der Waals surface area contributed by atoms with E-state index in [2.05, 4.69) is 0 Å². The number of hydrogen-bond donors (Lipinski definition) is 0. The molecule has 3 heterocycles. The number of anilines is 1. The number of fused-ring (bicyclic) bond motifs is 6. The van der Waals surface area contributed by atoms with Crippen LogP contribution in [-0.2, 0) is 9.59 Å². The molecule has 9 nitrogen and oxygen atoms in total. The summed E-state index contributed by atoms with van der Waals surface area (Å²) in [5, 5.41) is 11.3. The predicted molar refractivity (Wildman–Crippen MR) is 115 cm³/mol. The maximum Gasteiger partial charge on any atom is 0.271 e. The molecule has 9 heteroatoms. The van der Waals surface area contributed by atoms with Crippen molar-refractivity contribution in [3.63, 3.8) is 0 Å². The van der Waals surface area contributed by atoms with Crippen molar-refractivity contribution in [2.75, 3.05) is 11.4 Å². The number of rotatable bonds is 2. The monoisotopic (exact) mass is 445 g/mol. The van der Waals surface area contributed by atoms with Gasteiger partial charge in [-0.25, -0.2) is 4.90 Å². The Morgan fingerprint density at radius 2 is 1.67 bits per heavy atom. The second-order valence-corrected chi connectivity index (χ2v) is 9.12. The number of carbonyl (C=O) groups excluding carboxylic acids is 4. The van der Waals surface area contributed by atoms with Crippen molar-refractivity contribution in [1.82, 2.24) is 4.90 Å². The molecule has 2 amide bonds. The van der Waals surface area contributed by atoms with Crippen LogP contribution in [0.1, 0.15) is 39.1 Å². The van der Waals surface area contributed by atoms with E-state index in [1.807, 2.05) is 0 Å². The molecular formula is C24H19N3O6. The van der Waals surface area contributed by atoms with Crippen LogP contribution in [0.5, 0.6) is 0 Å². The number of aryl methyl sites for hydroxylation is 1. The Bertz CT molecular complexity index is 1280. The zero-order valence-corrected chi connectivity index (χ0v) is 17.7. The standard InChI is InChI=1S/C24H19N3O6/c1-12-8-9-13(27(32)33)11-17(12)26-22(30)18-16-7-4-10-25(16)24(19(18)23(26)31)20(28)14-5-2-3-6-15(14)21(24)29/h2-3,5-6,8-9,11,16,18-19H,4,7,10H2,1H3/t16-,18+,19-/m0/s1. The fourth-order valence-electron chi connectivity index (χ4n) is 6.43. The van der Waals surface area contributed by atoms with Crippen LogP contribution in [-0.4, -0.2) is 51.3 Å². The number of nitrogens with zero attached hydrogens (tertiary/aromatic N) is 3. The highest BCUT2D eigenvalue weighted by molar-refractivity contribution is 6.37. The van der Waals surface area contributed by atoms with Crippen LogP contribution < -0.4 is 4.90 Å². The van der Waals surface area contributed by atoms with Gasteiger partial charge in [-0.15, -0.1) is 0 Å². The Hall–Kier alpha value is -3.72.